The molecule has 0 amide bonds. The summed E-state index contributed by atoms with van der Waals surface area (Å²) in [6.07, 6.45) is 3.51. The lowest BCUT2D eigenvalue weighted by atomic mass is 10.2. The van der Waals surface area contributed by atoms with E-state index >= 15 is 0 Å². The summed E-state index contributed by atoms with van der Waals surface area (Å²) in [5, 5.41) is 8.37. The normalized spacial score (nSPS) is 10.8. The smallest absolute Gasteiger partial charge is 0.128 e. The molecule has 5 heteroatoms. The standard InChI is InChI=1S/C13H13N5/c1-17(2)13-7-3-5-11(16-13)10-9-15-18-12(10)6-4-8-14-18/h3-9H,1-2H3. The van der Waals surface area contributed by atoms with E-state index in [2.05, 4.69) is 15.2 Å². The van der Waals surface area contributed by atoms with Crippen LogP contribution in [0.1, 0.15) is 0 Å². The van der Waals surface area contributed by atoms with Gasteiger partial charge in [-0.05, 0) is 24.3 Å². The van der Waals surface area contributed by atoms with E-state index in [1.165, 1.54) is 0 Å². The quantitative estimate of drug-likeness (QED) is 0.684. The van der Waals surface area contributed by atoms with Crippen LogP contribution in [0.3, 0.4) is 0 Å². The maximum Gasteiger partial charge on any atom is 0.128 e. The first-order chi connectivity index (χ1) is 8.75. The summed E-state index contributed by atoms with van der Waals surface area (Å²) in [7, 11) is 3.95. The molecular formula is C13H13N5. The van der Waals surface area contributed by atoms with Crippen LogP contribution in [0.15, 0.2) is 42.7 Å². The summed E-state index contributed by atoms with van der Waals surface area (Å²) in [6.45, 7) is 0. The van der Waals surface area contributed by atoms with Gasteiger partial charge in [0.05, 0.1) is 17.4 Å². The van der Waals surface area contributed by atoms with Gasteiger partial charge in [-0.1, -0.05) is 6.07 Å². The Hall–Kier alpha value is -2.43. The monoisotopic (exact) mass is 239 g/mol. The molecule has 90 valence electrons. The molecule has 3 rings (SSSR count). The van der Waals surface area contributed by atoms with Crippen molar-refractivity contribution in [3.05, 3.63) is 42.7 Å². The van der Waals surface area contributed by atoms with Crippen molar-refractivity contribution >= 4 is 11.3 Å². The van der Waals surface area contributed by atoms with Crippen LogP contribution >= 0.6 is 0 Å². The molecule has 0 aliphatic rings. The van der Waals surface area contributed by atoms with Gasteiger partial charge in [0, 0.05) is 25.9 Å². The van der Waals surface area contributed by atoms with Crippen LogP contribution in [0.25, 0.3) is 16.8 Å². The average Bonchev–Trinajstić information content (AvgIpc) is 2.82. The van der Waals surface area contributed by atoms with Gasteiger partial charge in [-0.15, -0.1) is 0 Å². The van der Waals surface area contributed by atoms with Crippen molar-refractivity contribution in [3.8, 4) is 11.3 Å². The number of aromatic nitrogens is 4. The summed E-state index contributed by atoms with van der Waals surface area (Å²) in [5.74, 6) is 0.927. The molecule has 3 heterocycles. The van der Waals surface area contributed by atoms with Crippen molar-refractivity contribution in [2.45, 2.75) is 0 Å². The second-order valence-corrected chi connectivity index (χ2v) is 4.23. The van der Waals surface area contributed by atoms with E-state index in [-0.39, 0.29) is 0 Å². The highest BCUT2D eigenvalue weighted by Gasteiger charge is 2.08. The molecule has 0 atom stereocenters. The van der Waals surface area contributed by atoms with E-state index in [1.54, 1.807) is 17.0 Å². The zero-order valence-corrected chi connectivity index (χ0v) is 10.3. The van der Waals surface area contributed by atoms with Gasteiger partial charge in [-0.3, -0.25) is 0 Å². The summed E-state index contributed by atoms with van der Waals surface area (Å²) in [5.41, 5.74) is 2.86. The fourth-order valence-corrected chi connectivity index (χ4v) is 1.85. The van der Waals surface area contributed by atoms with Crippen LogP contribution in [0.2, 0.25) is 0 Å². The Morgan fingerprint density at radius 3 is 2.78 bits per heavy atom. The zero-order valence-electron chi connectivity index (χ0n) is 10.3. The third-order valence-electron chi connectivity index (χ3n) is 2.77. The molecule has 0 radical (unpaired) electrons. The van der Waals surface area contributed by atoms with Crippen molar-refractivity contribution in [2.75, 3.05) is 19.0 Å². The first-order valence-corrected chi connectivity index (χ1v) is 5.69. The third kappa shape index (κ3) is 1.69. The Bertz CT molecular complexity index is 686. The Kier molecular flexibility index (Phi) is 2.44. The van der Waals surface area contributed by atoms with E-state index in [4.69, 9.17) is 0 Å². The molecule has 0 spiro atoms. The number of nitrogens with zero attached hydrogens (tertiary/aromatic N) is 5. The fraction of sp³-hybridized carbons (Fsp3) is 0.154. The number of fused-ring (bicyclic) bond motifs is 1. The highest BCUT2D eigenvalue weighted by Crippen LogP contribution is 2.23. The van der Waals surface area contributed by atoms with Gasteiger partial charge in [0.25, 0.3) is 0 Å². The van der Waals surface area contributed by atoms with Gasteiger partial charge in [-0.25, -0.2) is 4.98 Å². The molecule has 0 aliphatic carbocycles. The fourth-order valence-electron chi connectivity index (χ4n) is 1.85. The van der Waals surface area contributed by atoms with Crippen LogP contribution in [0, 0.1) is 0 Å². The highest BCUT2D eigenvalue weighted by molar-refractivity contribution is 5.77. The molecule has 3 aromatic rings. The minimum absolute atomic E-state index is 0.907. The van der Waals surface area contributed by atoms with Gasteiger partial charge in [0.1, 0.15) is 5.82 Å². The van der Waals surface area contributed by atoms with Crippen LogP contribution in [0.5, 0.6) is 0 Å². The highest BCUT2D eigenvalue weighted by atomic mass is 15.4. The Morgan fingerprint density at radius 2 is 1.94 bits per heavy atom. The Labute approximate surface area is 105 Å². The molecule has 5 nitrogen and oxygen atoms in total. The summed E-state index contributed by atoms with van der Waals surface area (Å²) in [4.78, 5) is 6.59. The topological polar surface area (TPSA) is 46.3 Å². The maximum atomic E-state index is 4.61. The summed E-state index contributed by atoms with van der Waals surface area (Å²) >= 11 is 0. The molecular weight excluding hydrogens is 226 g/mol. The Balaban J connectivity index is 2.17. The number of hydrogen-bond donors (Lipinski definition) is 0. The Morgan fingerprint density at radius 1 is 1.06 bits per heavy atom. The first kappa shape index (κ1) is 10.7. The van der Waals surface area contributed by atoms with Crippen molar-refractivity contribution in [2.24, 2.45) is 0 Å². The third-order valence-corrected chi connectivity index (χ3v) is 2.77. The van der Waals surface area contributed by atoms with Crippen LogP contribution in [-0.2, 0) is 0 Å². The van der Waals surface area contributed by atoms with Crippen LogP contribution < -0.4 is 4.90 Å². The molecule has 0 fully saturated rings. The van der Waals surface area contributed by atoms with E-state index in [1.807, 2.05) is 49.3 Å². The van der Waals surface area contributed by atoms with E-state index < -0.39 is 0 Å². The molecule has 18 heavy (non-hydrogen) atoms. The SMILES string of the molecule is CN(C)c1cccc(-c2cnn3ncccc23)n1. The molecule has 0 unspecified atom stereocenters. The molecule has 0 saturated carbocycles. The second-order valence-electron chi connectivity index (χ2n) is 4.23. The minimum atomic E-state index is 0.907. The number of anilines is 1. The molecule has 0 aromatic carbocycles. The van der Waals surface area contributed by atoms with Gasteiger partial charge in [0.15, 0.2) is 0 Å². The van der Waals surface area contributed by atoms with Crippen molar-refractivity contribution in [3.63, 3.8) is 0 Å². The zero-order chi connectivity index (χ0) is 12.5. The second kappa shape index (κ2) is 4.10. The van der Waals surface area contributed by atoms with E-state index in [9.17, 15) is 0 Å². The van der Waals surface area contributed by atoms with Gasteiger partial charge in [0.2, 0.25) is 0 Å². The number of rotatable bonds is 2. The molecule has 0 aliphatic heterocycles. The molecule has 0 saturated heterocycles. The average molecular weight is 239 g/mol. The minimum Gasteiger partial charge on any atom is -0.363 e. The maximum absolute atomic E-state index is 4.61. The molecule has 0 N–H and O–H groups in total. The van der Waals surface area contributed by atoms with Crippen molar-refractivity contribution < 1.29 is 0 Å². The summed E-state index contributed by atoms with van der Waals surface area (Å²) < 4.78 is 1.61. The molecule has 0 bridgehead atoms. The first-order valence-electron chi connectivity index (χ1n) is 5.69. The predicted octanol–water partition coefficient (Wildman–Crippen LogP) is 1.86. The largest absolute Gasteiger partial charge is 0.363 e. The van der Waals surface area contributed by atoms with Gasteiger partial charge >= 0.3 is 0 Å². The number of hydrogen-bond acceptors (Lipinski definition) is 4. The van der Waals surface area contributed by atoms with E-state index in [0.29, 0.717) is 0 Å². The lowest BCUT2D eigenvalue weighted by molar-refractivity contribution is 0.800. The predicted molar refractivity (Wildman–Crippen MR) is 70.5 cm³/mol. The summed E-state index contributed by atoms with van der Waals surface area (Å²) in [6, 6.07) is 9.84. The molecule has 3 aromatic heterocycles. The van der Waals surface area contributed by atoms with Crippen molar-refractivity contribution in [1.29, 1.82) is 0 Å². The van der Waals surface area contributed by atoms with Gasteiger partial charge in [-0.2, -0.15) is 14.8 Å². The lowest BCUT2D eigenvalue weighted by Gasteiger charge is -2.11. The van der Waals surface area contributed by atoms with Crippen LogP contribution in [-0.4, -0.2) is 33.9 Å². The van der Waals surface area contributed by atoms with Crippen LogP contribution in [0.4, 0.5) is 5.82 Å². The lowest BCUT2D eigenvalue weighted by Crippen LogP contribution is -2.10. The van der Waals surface area contributed by atoms with E-state index in [0.717, 1.165) is 22.6 Å². The van der Waals surface area contributed by atoms with Crippen molar-refractivity contribution in [1.82, 2.24) is 19.8 Å². The van der Waals surface area contributed by atoms with Gasteiger partial charge < -0.3 is 4.90 Å². The number of pyridine rings is 1.